The minimum Gasteiger partial charge on any atom is -0.497 e. The minimum absolute atomic E-state index is 0.0246. The van der Waals surface area contributed by atoms with Gasteiger partial charge in [-0.2, -0.15) is 0 Å². The highest BCUT2D eigenvalue weighted by molar-refractivity contribution is 5.86. The normalized spacial score (nSPS) is 13.8. The molecular formula is C16H22N2O4. The molecule has 0 unspecified atom stereocenters. The predicted octanol–water partition coefficient (Wildman–Crippen LogP) is 0.985. The van der Waals surface area contributed by atoms with Gasteiger partial charge in [-0.25, -0.2) is 0 Å². The summed E-state index contributed by atoms with van der Waals surface area (Å²) in [5, 5.41) is 2.67. The van der Waals surface area contributed by atoms with Gasteiger partial charge in [0.2, 0.25) is 11.8 Å². The Labute approximate surface area is 130 Å². The highest BCUT2D eigenvalue weighted by Crippen LogP contribution is 2.24. The summed E-state index contributed by atoms with van der Waals surface area (Å²) in [5.41, 5.74) is 0.730. The van der Waals surface area contributed by atoms with E-state index in [1.54, 1.807) is 37.3 Å². The first-order chi connectivity index (χ1) is 10.6. The lowest BCUT2D eigenvalue weighted by atomic mass is 10.1. The number of ether oxygens (including phenoxy) is 2. The van der Waals surface area contributed by atoms with Crippen molar-refractivity contribution in [2.75, 3.05) is 33.9 Å². The molecule has 0 atom stereocenters. The predicted molar refractivity (Wildman–Crippen MR) is 82.1 cm³/mol. The number of hydrogen-bond acceptors (Lipinski definition) is 4. The maximum absolute atomic E-state index is 12.0. The van der Waals surface area contributed by atoms with Crippen LogP contribution in [0.3, 0.4) is 0 Å². The van der Waals surface area contributed by atoms with Gasteiger partial charge in [0, 0.05) is 18.7 Å². The van der Waals surface area contributed by atoms with E-state index in [1.807, 2.05) is 0 Å². The molecule has 1 fully saturated rings. The summed E-state index contributed by atoms with van der Waals surface area (Å²) in [5.74, 6) is 1.06. The van der Waals surface area contributed by atoms with Crippen LogP contribution >= 0.6 is 0 Å². The van der Waals surface area contributed by atoms with Crippen LogP contribution in [0.25, 0.3) is 0 Å². The van der Waals surface area contributed by atoms with Gasteiger partial charge in [-0.15, -0.1) is 0 Å². The SMILES string of the molecule is COc1ccc(OC)c(CC(=O)NCC(=O)N2CCCC2)c1. The van der Waals surface area contributed by atoms with Gasteiger partial charge < -0.3 is 19.7 Å². The number of benzene rings is 1. The Bertz CT molecular complexity index is 539. The fourth-order valence-electron chi connectivity index (χ4n) is 2.51. The molecule has 1 aromatic carbocycles. The van der Waals surface area contributed by atoms with E-state index >= 15 is 0 Å². The number of carbonyl (C=O) groups is 2. The van der Waals surface area contributed by atoms with E-state index in [9.17, 15) is 9.59 Å². The first-order valence-corrected chi connectivity index (χ1v) is 7.39. The van der Waals surface area contributed by atoms with Crippen LogP contribution in [0.4, 0.5) is 0 Å². The second-order valence-corrected chi connectivity index (χ2v) is 5.22. The molecule has 1 saturated heterocycles. The zero-order valence-corrected chi connectivity index (χ0v) is 13.1. The molecule has 6 heteroatoms. The van der Waals surface area contributed by atoms with Gasteiger partial charge in [-0.05, 0) is 31.0 Å². The van der Waals surface area contributed by atoms with Crippen LogP contribution < -0.4 is 14.8 Å². The summed E-state index contributed by atoms with van der Waals surface area (Å²) in [6.45, 7) is 1.63. The van der Waals surface area contributed by atoms with E-state index in [0.29, 0.717) is 11.5 Å². The van der Waals surface area contributed by atoms with Gasteiger partial charge in [0.05, 0.1) is 27.2 Å². The molecule has 1 aromatic rings. The quantitative estimate of drug-likeness (QED) is 0.851. The highest BCUT2D eigenvalue weighted by atomic mass is 16.5. The Kier molecular flexibility index (Phi) is 5.63. The van der Waals surface area contributed by atoms with E-state index in [4.69, 9.17) is 9.47 Å². The third-order valence-electron chi connectivity index (χ3n) is 3.73. The average Bonchev–Trinajstić information content (AvgIpc) is 3.07. The van der Waals surface area contributed by atoms with Crippen LogP contribution in [0.2, 0.25) is 0 Å². The Morgan fingerprint density at radius 2 is 1.91 bits per heavy atom. The summed E-state index contributed by atoms with van der Waals surface area (Å²) in [7, 11) is 3.13. The lowest BCUT2D eigenvalue weighted by molar-refractivity contribution is -0.131. The average molecular weight is 306 g/mol. The number of rotatable bonds is 6. The third kappa shape index (κ3) is 4.13. The Morgan fingerprint density at radius 1 is 1.18 bits per heavy atom. The number of carbonyl (C=O) groups excluding carboxylic acids is 2. The Morgan fingerprint density at radius 3 is 2.55 bits per heavy atom. The van der Waals surface area contributed by atoms with Crippen molar-refractivity contribution in [1.29, 1.82) is 0 Å². The monoisotopic (exact) mass is 306 g/mol. The van der Waals surface area contributed by atoms with Crippen molar-refractivity contribution in [2.45, 2.75) is 19.3 Å². The maximum atomic E-state index is 12.0. The van der Waals surface area contributed by atoms with Gasteiger partial charge in [0.1, 0.15) is 11.5 Å². The third-order valence-corrected chi connectivity index (χ3v) is 3.73. The zero-order valence-electron chi connectivity index (χ0n) is 13.1. The van der Waals surface area contributed by atoms with Crippen molar-refractivity contribution in [1.82, 2.24) is 10.2 Å². The van der Waals surface area contributed by atoms with Crippen molar-refractivity contribution in [3.8, 4) is 11.5 Å². The molecule has 0 aliphatic carbocycles. The molecule has 1 aliphatic heterocycles. The zero-order chi connectivity index (χ0) is 15.9. The highest BCUT2D eigenvalue weighted by Gasteiger charge is 2.18. The molecule has 0 saturated carbocycles. The van der Waals surface area contributed by atoms with Crippen LogP contribution in [0, 0.1) is 0 Å². The number of amides is 2. The molecule has 6 nitrogen and oxygen atoms in total. The first kappa shape index (κ1) is 16.1. The standard InChI is InChI=1S/C16H22N2O4/c1-21-13-5-6-14(22-2)12(9-13)10-15(19)17-11-16(20)18-7-3-4-8-18/h5-6,9H,3-4,7-8,10-11H2,1-2H3,(H,17,19). The lowest BCUT2D eigenvalue weighted by Gasteiger charge is -2.15. The van der Waals surface area contributed by atoms with Gasteiger partial charge in [-0.3, -0.25) is 9.59 Å². The molecule has 0 spiro atoms. The van der Waals surface area contributed by atoms with E-state index in [-0.39, 0.29) is 24.8 Å². The van der Waals surface area contributed by atoms with Crippen molar-refractivity contribution in [3.05, 3.63) is 23.8 Å². The largest absolute Gasteiger partial charge is 0.497 e. The summed E-state index contributed by atoms with van der Waals surface area (Å²) in [6.07, 6.45) is 2.23. The van der Waals surface area contributed by atoms with Crippen LogP contribution in [-0.4, -0.2) is 50.6 Å². The van der Waals surface area contributed by atoms with Gasteiger partial charge in [-0.1, -0.05) is 0 Å². The number of methoxy groups -OCH3 is 2. The topological polar surface area (TPSA) is 67.9 Å². The fourth-order valence-corrected chi connectivity index (χ4v) is 2.51. The van der Waals surface area contributed by atoms with Gasteiger partial charge in [0.15, 0.2) is 0 Å². The van der Waals surface area contributed by atoms with Gasteiger partial charge >= 0.3 is 0 Å². The van der Waals surface area contributed by atoms with E-state index in [1.165, 1.54) is 0 Å². The lowest BCUT2D eigenvalue weighted by Crippen LogP contribution is -2.39. The maximum Gasteiger partial charge on any atom is 0.241 e. The number of hydrogen-bond donors (Lipinski definition) is 1. The summed E-state index contributed by atoms with van der Waals surface area (Å²) < 4.78 is 10.4. The van der Waals surface area contributed by atoms with Crippen LogP contribution in [-0.2, 0) is 16.0 Å². The van der Waals surface area contributed by atoms with Crippen molar-refractivity contribution in [3.63, 3.8) is 0 Å². The number of nitrogens with one attached hydrogen (secondary N) is 1. The van der Waals surface area contributed by atoms with E-state index < -0.39 is 0 Å². The molecular weight excluding hydrogens is 284 g/mol. The Balaban J connectivity index is 1.89. The van der Waals surface area contributed by atoms with Crippen molar-refractivity contribution < 1.29 is 19.1 Å². The van der Waals surface area contributed by atoms with Crippen molar-refractivity contribution >= 4 is 11.8 Å². The molecule has 2 amide bonds. The van der Waals surface area contributed by atoms with Crippen LogP contribution in [0.5, 0.6) is 11.5 Å². The second kappa shape index (κ2) is 7.68. The minimum atomic E-state index is -0.209. The van der Waals surface area contributed by atoms with Crippen molar-refractivity contribution in [2.24, 2.45) is 0 Å². The second-order valence-electron chi connectivity index (χ2n) is 5.22. The van der Waals surface area contributed by atoms with Crippen LogP contribution in [0.15, 0.2) is 18.2 Å². The summed E-state index contributed by atoms with van der Waals surface area (Å²) >= 11 is 0. The molecule has 120 valence electrons. The van der Waals surface area contributed by atoms with Gasteiger partial charge in [0.25, 0.3) is 0 Å². The summed E-state index contributed by atoms with van der Waals surface area (Å²) in [6, 6.07) is 5.30. The smallest absolute Gasteiger partial charge is 0.241 e. The van der Waals surface area contributed by atoms with E-state index in [2.05, 4.69) is 5.32 Å². The molecule has 0 bridgehead atoms. The molecule has 1 N–H and O–H groups in total. The number of nitrogens with zero attached hydrogens (tertiary/aromatic N) is 1. The molecule has 0 radical (unpaired) electrons. The first-order valence-electron chi connectivity index (χ1n) is 7.39. The van der Waals surface area contributed by atoms with Crippen LogP contribution in [0.1, 0.15) is 18.4 Å². The van der Waals surface area contributed by atoms with E-state index in [0.717, 1.165) is 31.5 Å². The molecule has 1 aliphatic rings. The molecule has 1 heterocycles. The fraction of sp³-hybridized carbons (Fsp3) is 0.500. The Hall–Kier alpha value is -2.24. The molecule has 22 heavy (non-hydrogen) atoms. The summed E-state index contributed by atoms with van der Waals surface area (Å²) in [4.78, 5) is 25.7. The molecule has 0 aromatic heterocycles. The molecule has 2 rings (SSSR count). The number of likely N-dealkylation sites (tertiary alicyclic amines) is 1.